The number of aromatic nitrogens is 4. The summed E-state index contributed by atoms with van der Waals surface area (Å²) in [6.07, 6.45) is 3.53. The molecule has 0 saturated carbocycles. The van der Waals surface area contributed by atoms with E-state index in [0.29, 0.717) is 6.54 Å². The summed E-state index contributed by atoms with van der Waals surface area (Å²) in [6, 6.07) is 7.87. The van der Waals surface area contributed by atoms with Gasteiger partial charge in [0.1, 0.15) is 5.52 Å². The number of pyridine rings is 1. The van der Waals surface area contributed by atoms with Crippen LogP contribution >= 0.6 is 11.6 Å². The molecule has 0 bridgehead atoms. The van der Waals surface area contributed by atoms with Gasteiger partial charge in [-0.25, -0.2) is 4.52 Å². The maximum absolute atomic E-state index is 5.94. The van der Waals surface area contributed by atoms with Crippen molar-refractivity contribution in [2.24, 2.45) is 0 Å². The number of halogens is 1. The second-order valence-corrected chi connectivity index (χ2v) is 4.55. The lowest BCUT2D eigenvalue weighted by molar-refractivity contribution is 0.870. The lowest BCUT2D eigenvalue weighted by Crippen LogP contribution is -2.06. The Bertz CT molecular complexity index is 708. The molecule has 0 aromatic carbocycles. The van der Waals surface area contributed by atoms with E-state index in [-0.39, 0.29) is 5.28 Å². The molecule has 19 heavy (non-hydrogen) atoms. The summed E-state index contributed by atoms with van der Waals surface area (Å²) in [5.74, 6) is 0.727. The normalized spacial score (nSPS) is 10.8. The average Bonchev–Trinajstić information content (AvgIpc) is 2.79. The van der Waals surface area contributed by atoms with E-state index in [4.69, 9.17) is 11.6 Å². The molecular formula is C13H12ClN5. The number of rotatable bonds is 3. The fourth-order valence-electron chi connectivity index (χ4n) is 1.91. The number of nitrogens with zero attached hydrogens (tertiary/aromatic N) is 4. The van der Waals surface area contributed by atoms with Gasteiger partial charge in [0.2, 0.25) is 5.28 Å². The maximum Gasteiger partial charge on any atom is 0.243 e. The smallest absolute Gasteiger partial charge is 0.243 e. The highest BCUT2D eigenvalue weighted by molar-refractivity contribution is 6.28. The molecule has 3 aromatic heterocycles. The SMILES string of the molecule is Cc1ccc2c(NCc3ccncc3)nc(Cl)nn12. The second-order valence-electron chi connectivity index (χ2n) is 4.21. The molecule has 0 unspecified atom stereocenters. The molecule has 0 aliphatic heterocycles. The summed E-state index contributed by atoms with van der Waals surface area (Å²) >= 11 is 5.94. The van der Waals surface area contributed by atoms with Crippen molar-refractivity contribution >= 4 is 22.9 Å². The Morgan fingerprint density at radius 2 is 2.00 bits per heavy atom. The van der Waals surface area contributed by atoms with E-state index in [0.717, 1.165) is 22.6 Å². The predicted octanol–water partition coefficient (Wildman–Crippen LogP) is 2.70. The minimum absolute atomic E-state index is 0.226. The molecule has 0 fully saturated rings. The van der Waals surface area contributed by atoms with Gasteiger partial charge in [-0.2, -0.15) is 4.98 Å². The van der Waals surface area contributed by atoms with Crippen LogP contribution < -0.4 is 5.32 Å². The molecule has 1 N–H and O–H groups in total. The Labute approximate surface area is 115 Å². The summed E-state index contributed by atoms with van der Waals surface area (Å²) in [4.78, 5) is 8.23. The third-order valence-electron chi connectivity index (χ3n) is 2.88. The molecule has 0 aliphatic carbocycles. The maximum atomic E-state index is 5.94. The molecule has 0 atom stereocenters. The zero-order valence-corrected chi connectivity index (χ0v) is 11.1. The molecular weight excluding hydrogens is 262 g/mol. The number of hydrogen-bond acceptors (Lipinski definition) is 4. The van der Waals surface area contributed by atoms with E-state index < -0.39 is 0 Å². The topological polar surface area (TPSA) is 55.1 Å². The average molecular weight is 274 g/mol. The van der Waals surface area contributed by atoms with Crippen LogP contribution in [0, 0.1) is 6.92 Å². The standard InChI is InChI=1S/C13H12ClN5/c1-9-2-3-11-12(17-13(14)18-19(9)11)16-8-10-4-6-15-7-5-10/h2-7H,8H2,1H3,(H,16,17,18). The van der Waals surface area contributed by atoms with Gasteiger partial charge >= 0.3 is 0 Å². The first kappa shape index (κ1) is 11.9. The summed E-state index contributed by atoms with van der Waals surface area (Å²) in [7, 11) is 0. The minimum Gasteiger partial charge on any atom is -0.364 e. The lowest BCUT2D eigenvalue weighted by atomic mass is 10.3. The van der Waals surface area contributed by atoms with Crippen LogP contribution in [-0.2, 0) is 6.54 Å². The number of hydrogen-bond donors (Lipinski definition) is 1. The fraction of sp³-hybridized carbons (Fsp3) is 0.154. The van der Waals surface area contributed by atoms with E-state index in [2.05, 4.69) is 20.4 Å². The molecule has 0 aliphatic rings. The zero-order valence-electron chi connectivity index (χ0n) is 10.3. The first-order valence-electron chi connectivity index (χ1n) is 5.89. The van der Waals surface area contributed by atoms with Crippen LogP contribution in [0.25, 0.3) is 5.52 Å². The first-order chi connectivity index (χ1) is 9.24. The highest BCUT2D eigenvalue weighted by atomic mass is 35.5. The molecule has 5 nitrogen and oxygen atoms in total. The summed E-state index contributed by atoms with van der Waals surface area (Å²) in [6.45, 7) is 2.64. The van der Waals surface area contributed by atoms with Crippen LogP contribution in [0.3, 0.4) is 0 Å². The zero-order chi connectivity index (χ0) is 13.2. The minimum atomic E-state index is 0.226. The van der Waals surface area contributed by atoms with Crippen molar-refractivity contribution in [1.82, 2.24) is 19.6 Å². The van der Waals surface area contributed by atoms with Crippen molar-refractivity contribution in [2.75, 3.05) is 5.32 Å². The van der Waals surface area contributed by atoms with Gasteiger partial charge in [-0.1, -0.05) is 0 Å². The van der Waals surface area contributed by atoms with Gasteiger partial charge in [0.15, 0.2) is 5.82 Å². The molecule has 96 valence electrons. The predicted molar refractivity (Wildman–Crippen MR) is 74.3 cm³/mol. The highest BCUT2D eigenvalue weighted by Gasteiger charge is 2.08. The van der Waals surface area contributed by atoms with Crippen LogP contribution in [0.2, 0.25) is 5.28 Å². The van der Waals surface area contributed by atoms with Gasteiger partial charge in [-0.15, -0.1) is 5.10 Å². The van der Waals surface area contributed by atoms with E-state index >= 15 is 0 Å². The van der Waals surface area contributed by atoms with Gasteiger partial charge in [-0.3, -0.25) is 4.98 Å². The fourth-order valence-corrected chi connectivity index (χ4v) is 2.07. The van der Waals surface area contributed by atoms with Crippen LogP contribution in [0.1, 0.15) is 11.3 Å². The van der Waals surface area contributed by atoms with Crippen LogP contribution in [-0.4, -0.2) is 19.6 Å². The second kappa shape index (κ2) is 4.85. The highest BCUT2D eigenvalue weighted by Crippen LogP contribution is 2.19. The number of nitrogens with one attached hydrogen (secondary N) is 1. The third-order valence-corrected chi connectivity index (χ3v) is 3.04. The Kier molecular flexibility index (Phi) is 3.05. The molecule has 0 amide bonds. The van der Waals surface area contributed by atoms with Gasteiger partial charge in [0.25, 0.3) is 0 Å². The van der Waals surface area contributed by atoms with Crippen LogP contribution in [0.15, 0.2) is 36.7 Å². The molecule has 3 heterocycles. The third kappa shape index (κ3) is 2.37. The monoisotopic (exact) mass is 273 g/mol. The van der Waals surface area contributed by atoms with Gasteiger partial charge in [0, 0.05) is 24.6 Å². The van der Waals surface area contributed by atoms with Crippen molar-refractivity contribution in [1.29, 1.82) is 0 Å². The van der Waals surface area contributed by atoms with E-state index in [9.17, 15) is 0 Å². The van der Waals surface area contributed by atoms with Gasteiger partial charge in [-0.05, 0) is 48.4 Å². The van der Waals surface area contributed by atoms with E-state index in [1.54, 1.807) is 16.9 Å². The molecule has 6 heteroatoms. The Morgan fingerprint density at radius 3 is 2.79 bits per heavy atom. The van der Waals surface area contributed by atoms with Gasteiger partial charge < -0.3 is 5.32 Å². The molecule has 0 saturated heterocycles. The molecule has 0 radical (unpaired) electrons. The number of anilines is 1. The molecule has 3 rings (SSSR count). The number of aryl methyl sites for hydroxylation is 1. The van der Waals surface area contributed by atoms with Crippen LogP contribution in [0.4, 0.5) is 5.82 Å². The summed E-state index contributed by atoms with van der Waals surface area (Å²) < 4.78 is 1.78. The van der Waals surface area contributed by atoms with Crippen molar-refractivity contribution in [3.63, 3.8) is 0 Å². The molecule has 3 aromatic rings. The largest absolute Gasteiger partial charge is 0.364 e. The Balaban J connectivity index is 1.92. The summed E-state index contributed by atoms with van der Waals surface area (Å²) in [5, 5.41) is 7.67. The van der Waals surface area contributed by atoms with Crippen molar-refractivity contribution in [2.45, 2.75) is 13.5 Å². The van der Waals surface area contributed by atoms with E-state index in [1.165, 1.54) is 0 Å². The van der Waals surface area contributed by atoms with E-state index in [1.807, 2.05) is 31.2 Å². The van der Waals surface area contributed by atoms with Crippen molar-refractivity contribution < 1.29 is 0 Å². The van der Waals surface area contributed by atoms with Crippen LogP contribution in [0.5, 0.6) is 0 Å². The van der Waals surface area contributed by atoms with Gasteiger partial charge in [0.05, 0.1) is 0 Å². The number of fused-ring (bicyclic) bond motifs is 1. The quantitative estimate of drug-likeness (QED) is 0.797. The van der Waals surface area contributed by atoms with Crippen molar-refractivity contribution in [3.05, 3.63) is 53.2 Å². The Hall–Kier alpha value is -2.14. The molecule has 0 spiro atoms. The first-order valence-corrected chi connectivity index (χ1v) is 6.26. The summed E-state index contributed by atoms with van der Waals surface area (Å²) in [5.41, 5.74) is 3.06. The lowest BCUT2D eigenvalue weighted by Gasteiger charge is -2.08. The van der Waals surface area contributed by atoms with Crippen molar-refractivity contribution in [3.8, 4) is 0 Å². The Morgan fingerprint density at radius 1 is 1.21 bits per heavy atom.